The zero-order valence-corrected chi connectivity index (χ0v) is 21.6. The molecule has 2 N–H and O–H groups in total. The standard InChI is InChI=1S/C26H29N3O6S/c1-17-13-20(11-12-22(17)34-4)26(23(30)29(2)24(27)28-26)25(35-36(5,31)32)15-19(14-21(16-25)33-3)18-9-7-6-8-10-18/h6-14,16H,15H2,1-5H3,(H2,27,28). The van der Waals surface area contributed by atoms with E-state index in [4.69, 9.17) is 19.4 Å². The molecule has 0 saturated carbocycles. The molecule has 2 aromatic rings. The monoisotopic (exact) mass is 511 g/mol. The fourth-order valence-electron chi connectivity index (χ4n) is 4.85. The molecule has 9 nitrogen and oxygen atoms in total. The first-order chi connectivity index (χ1) is 17.0. The van der Waals surface area contributed by atoms with Crippen molar-refractivity contribution in [1.29, 1.82) is 0 Å². The zero-order valence-electron chi connectivity index (χ0n) is 20.8. The van der Waals surface area contributed by atoms with E-state index in [9.17, 15) is 13.2 Å². The molecule has 2 atom stereocenters. The maximum absolute atomic E-state index is 14.1. The number of guanidine groups is 1. The summed E-state index contributed by atoms with van der Waals surface area (Å²) in [7, 11) is 0.382. The van der Waals surface area contributed by atoms with Crippen molar-refractivity contribution < 1.29 is 26.9 Å². The molecule has 0 bridgehead atoms. The van der Waals surface area contributed by atoms with Crippen LogP contribution in [0.4, 0.5) is 0 Å². The molecule has 2 aliphatic rings. The van der Waals surface area contributed by atoms with Crippen LogP contribution in [0.15, 0.2) is 71.4 Å². The molecule has 0 saturated heterocycles. The van der Waals surface area contributed by atoms with E-state index in [1.54, 1.807) is 31.4 Å². The molecule has 4 rings (SSSR count). The third kappa shape index (κ3) is 4.16. The number of benzene rings is 2. The lowest BCUT2D eigenvalue weighted by molar-refractivity contribution is -0.136. The first kappa shape index (κ1) is 25.5. The first-order valence-electron chi connectivity index (χ1n) is 11.2. The Morgan fingerprint density at radius 3 is 2.31 bits per heavy atom. The molecule has 1 amide bonds. The van der Waals surface area contributed by atoms with Gasteiger partial charge in [-0.1, -0.05) is 36.4 Å². The molecular weight excluding hydrogens is 482 g/mol. The fraction of sp³-hybridized carbons (Fsp3) is 0.308. The Bertz CT molecular complexity index is 1400. The highest BCUT2D eigenvalue weighted by molar-refractivity contribution is 7.86. The Labute approximate surface area is 211 Å². The predicted molar refractivity (Wildman–Crippen MR) is 137 cm³/mol. The number of aryl methyl sites for hydroxylation is 1. The maximum Gasteiger partial charge on any atom is 0.265 e. The molecule has 0 aromatic heterocycles. The highest BCUT2D eigenvalue weighted by Crippen LogP contribution is 2.52. The third-order valence-corrected chi connectivity index (χ3v) is 7.09. The van der Waals surface area contributed by atoms with Gasteiger partial charge < -0.3 is 15.2 Å². The molecule has 0 spiro atoms. The van der Waals surface area contributed by atoms with Crippen LogP contribution in [0.1, 0.15) is 23.1 Å². The van der Waals surface area contributed by atoms with Crippen LogP contribution >= 0.6 is 0 Å². The van der Waals surface area contributed by atoms with Gasteiger partial charge in [0.15, 0.2) is 11.6 Å². The number of nitrogens with two attached hydrogens (primary N) is 1. The summed E-state index contributed by atoms with van der Waals surface area (Å²) in [5.74, 6) is 0.330. The Balaban J connectivity index is 2.07. The van der Waals surface area contributed by atoms with Gasteiger partial charge in [0, 0.05) is 13.5 Å². The molecule has 2 unspecified atom stereocenters. The number of aliphatic imine (C=N–C) groups is 1. The van der Waals surface area contributed by atoms with E-state index >= 15 is 0 Å². The van der Waals surface area contributed by atoms with E-state index in [2.05, 4.69) is 4.99 Å². The second-order valence-corrected chi connectivity index (χ2v) is 10.4. The second kappa shape index (κ2) is 9.11. The molecule has 190 valence electrons. The number of rotatable bonds is 7. The highest BCUT2D eigenvalue weighted by Gasteiger charge is 2.65. The van der Waals surface area contributed by atoms with Crippen molar-refractivity contribution >= 4 is 27.6 Å². The molecule has 0 fully saturated rings. The lowest BCUT2D eigenvalue weighted by Gasteiger charge is -2.44. The summed E-state index contributed by atoms with van der Waals surface area (Å²) < 4.78 is 42.4. The van der Waals surface area contributed by atoms with E-state index < -0.39 is 27.2 Å². The molecule has 1 heterocycles. The van der Waals surface area contributed by atoms with Crippen LogP contribution in [0.3, 0.4) is 0 Å². The van der Waals surface area contributed by atoms with Gasteiger partial charge in [-0.2, -0.15) is 8.42 Å². The summed E-state index contributed by atoms with van der Waals surface area (Å²) in [6, 6.07) is 14.5. The van der Waals surface area contributed by atoms with Gasteiger partial charge in [-0.3, -0.25) is 13.9 Å². The van der Waals surface area contributed by atoms with Gasteiger partial charge >= 0.3 is 0 Å². The van der Waals surface area contributed by atoms with Gasteiger partial charge in [0.05, 0.1) is 20.5 Å². The summed E-state index contributed by atoms with van der Waals surface area (Å²) in [4.78, 5) is 19.9. The maximum atomic E-state index is 14.1. The van der Waals surface area contributed by atoms with Crippen molar-refractivity contribution in [1.82, 2.24) is 4.90 Å². The smallest absolute Gasteiger partial charge is 0.265 e. The number of hydrogen-bond acceptors (Lipinski definition) is 8. The number of amides is 1. The Kier molecular flexibility index (Phi) is 6.44. The lowest BCUT2D eigenvalue weighted by atomic mass is 9.68. The van der Waals surface area contributed by atoms with E-state index in [0.29, 0.717) is 22.6 Å². The second-order valence-electron chi connectivity index (χ2n) is 8.87. The van der Waals surface area contributed by atoms with Gasteiger partial charge in [0.25, 0.3) is 16.0 Å². The van der Waals surface area contributed by atoms with Gasteiger partial charge in [-0.25, -0.2) is 4.99 Å². The number of carbonyl (C=O) groups excluding carboxylic acids is 1. The van der Waals surface area contributed by atoms with E-state index in [0.717, 1.165) is 17.4 Å². The van der Waals surface area contributed by atoms with Crippen molar-refractivity contribution in [3.8, 4) is 5.75 Å². The molecule has 1 aliphatic heterocycles. The van der Waals surface area contributed by atoms with Crippen molar-refractivity contribution in [2.45, 2.75) is 24.5 Å². The van der Waals surface area contributed by atoms with Crippen LogP contribution in [0.25, 0.3) is 5.57 Å². The molecular formula is C26H29N3O6S. The quantitative estimate of drug-likeness (QED) is 0.568. The van der Waals surface area contributed by atoms with Crippen LogP contribution < -0.4 is 10.5 Å². The minimum Gasteiger partial charge on any atom is -0.497 e. The Morgan fingerprint density at radius 2 is 1.78 bits per heavy atom. The third-order valence-electron chi connectivity index (χ3n) is 6.49. The summed E-state index contributed by atoms with van der Waals surface area (Å²) in [5.41, 5.74) is 5.13. The van der Waals surface area contributed by atoms with Crippen LogP contribution in [0, 0.1) is 6.92 Å². The number of carbonyl (C=O) groups is 1. The Hall–Kier alpha value is -3.63. The minimum absolute atomic E-state index is 0.00161. The van der Waals surface area contributed by atoms with E-state index in [-0.39, 0.29) is 12.4 Å². The van der Waals surface area contributed by atoms with Crippen LogP contribution in [-0.2, 0) is 29.4 Å². The topological polar surface area (TPSA) is 121 Å². The number of ether oxygens (including phenoxy) is 2. The minimum atomic E-state index is -4.12. The van der Waals surface area contributed by atoms with E-state index in [1.807, 2.05) is 37.3 Å². The van der Waals surface area contributed by atoms with Crippen LogP contribution in [0.5, 0.6) is 5.75 Å². The van der Waals surface area contributed by atoms with Crippen molar-refractivity contribution in [3.05, 3.63) is 83.1 Å². The summed E-state index contributed by atoms with van der Waals surface area (Å²) in [6.07, 6.45) is 4.24. The molecule has 10 heteroatoms. The lowest BCUT2D eigenvalue weighted by Crippen LogP contribution is -2.58. The number of methoxy groups -OCH3 is 2. The van der Waals surface area contributed by atoms with Crippen LogP contribution in [0.2, 0.25) is 0 Å². The van der Waals surface area contributed by atoms with Gasteiger partial charge in [-0.05, 0) is 53.5 Å². The van der Waals surface area contributed by atoms with Gasteiger partial charge in [-0.15, -0.1) is 0 Å². The summed E-state index contributed by atoms with van der Waals surface area (Å²) >= 11 is 0. The number of nitrogens with zero attached hydrogens (tertiary/aromatic N) is 2. The van der Waals surface area contributed by atoms with Gasteiger partial charge in [0.1, 0.15) is 11.5 Å². The summed E-state index contributed by atoms with van der Waals surface area (Å²) in [6.45, 7) is 1.82. The molecule has 36 heavy (non-hydrogen) atoms. The van der Waals surface area contributed by atoms with Crippen molar-refractivity contribution in [2.75, 3.05) is 27.5 Å². The highest BCUT2D eigenvalue weighted by atomic mass is 32.2. The average Bonchev–Trinajstić information content (AvgIpc) is 3.08. The van der Waals surface area contributed by atoms with Crippen molar-refractivity contribution in [2.24, 2.45) is 10.7 Å². The molecule has 0 radical (unpaired) electrons. The molecule has 1 aliphatic carbocycles. The molecule has 2 aromatic carbocycles. The van der Waals surface area contributed by atoms with E-state index in [1.165, 1.54) is 25.1 Å². The average molecular weight is 512 g/mol. The van der Waals surface area contributed by atoms with Crippen LogP contribution in [-0.4, -0.2) is 58.3 Å². The zero-order chi connectivity index (χ0) is 26.3. The Morgan fingerprint density at radius 1 is 1.08 bits per heavy atom. The van der Waals surface area contributed by atoms with Crippen molar-refractivity contribution in [3.63, 3.8) is 0 Å². The first-order valence-corrected chi connectivity index (χ1v) is 13.0. The predicted octanol–water partition coefficient (Wildman–Crippen LogP) is 2.72. The fourth-order valence-corrected chi connectivity index (χ4v) is 5.62. The number of allylic oxidation sites excluding steroid dienone is 1. The number of likely N-dealkylation sites (N-methyl/N-ethyl adjacent to an activating group) is 1. The normalized spacial score (nSPS) is 24.2. The number of hydrogen-bond donors (Lipinski definition) is 1. The summed E-state index contributed by atoms with van der Waals surface area (Å²) in [5, 5.41) is 0. The largest absolute Gasteiger partial charge is 0.497 e. The van der Waals surface area contributed by atoms with Gasteiger partial charge in [0.2, 0.25) is 5.54 Å². The SMILES string of the molecule is COC1=CC(OS(C)(=O)=O)(C2(c3ccc(OC)c(C)c3)N=C(N)N(C)C2=O)CC(c2ccccc2)=C1.